The molecule has 0 aliphatic heterocycles. The zero-order valence-corrected chi connectivity index (χ0v) is 27.4. The van der Waals surface area contributed by atoms with Gasteiger partial charge in [0, 0.05) is 10.9 Å². The lowest BCUT2D eigenvalue weighted by atomic mass is 9.64. The molecule has 1 nitrogen and oxygen atoms in total. The first-order valence-electron chi connectivity index (χ1n) is 15.4. The predicted octanol–water partition coefficient (Wildman–Crippen LogP) is 11.1. The molecule has 5 aromatic rings. The summed E-state index contributed by atoms with van der Waals surface area (Å²) in [6, 6.07) is 6.74. The molecule has 7 rings (SSSR count). The molecule has 0 fully saturated rings. The molecule has 1 heteroatoms. The molecule has 1 aromatic heterocycles. The Morgan fingerprint density at radius 3 is 1.36 bits per heavy atom. The van der Waals surface area contributed by atoms with Crippen molar-refractivity contribution in [2.75, 3.05) is 0 Å². The molecule has 0 amide bonds. The number of hydrogen-bond donors (Lipinski definition) is 0. The summed E-state index contributed by atoms with van der Waals surface area (Å²) in [6.07, 6.45) is 6.71. The van der Waals surface area contributed by atoms with E-state index in [1.807, 2.05) is 6.26 Å². The van der Waals surface area contributed by atoms with Crippen LogP contribution in [0.1, 0.15) is 89.0 Å². The fourth-order valence-corrected chi connectivity index (χ4v) is 8.60. The van der Waals surface area contributed by atoms with Gasteiger partial charge >= 0.3 is 0 Å². The van der Waals surface area contributed by atoms with Gasteiger partial charge in [-0.2, -0.15) is 0 Å². The van der Waals surface area contributed by atoms with Crippen molar-refractivity contribution in [3.63, 3.8) is 0 Å². The summed E-state index contributed by atoms with van der Waals surface area (Å²) in [4.78, 5) is 0. The van der Waals surface area contributed by atoms with E-state index in [4.69, 9.17) is 4.42 Å². The van der Waals surface area contributed by atoms with E-state index in [0.717, 1.165) is 11.0 Å². The van der Waals surface area contributed by atoms with E-state index in [0.29, 0.717) is 0 Å². The second kappa shape index (κ2) is 8.60. The number of benzene rings is 4. The van der Waals surface area contributed by atoms with Crippen molar-refractivity contribution in [2.24, 2.45) is 0 Å². The minimum Gasteiger partial charge on any atom is -0.464 e. The second-order valence-corrected chi connectivity index (χ2v) is 13.3. The first-order valence-corrected chi connectivity index (χ1v) is 15.4. The van der Waals surface area contributed by atoms with Gasteiger partial charge in [0.05, 0.1) is 11.7 Å². The van der Waals surface area contributed by atoms with Gasteiger partial charge in [-0.15, -0.1) is 0 Å². The molecule has 42 heavy (non-hydrogen) atoms. The van der Waals surface area contributed by atoms with Crippen LogP contribution < -0.4 is 0 Å². The van der Waals surface area contributed by atoms with Crippen LogP contribution in [0.25, 0.3) is 39.3 Å². The fraction of sp³-hybridized carbons (Fsp3) is 0.317. The van der Waals surface area contributed by atoms with Crippen LogP contribution in [-0.2, 0) is 5.41 Å². The van der Waals surface area contributed by atoms with Crippen molar-refractivity contribution < 1.29 is 4.42 Å². The van der Waals surface area contributed by atoms with Gasteiger partial charge in [0.1, 0.15) is 5.58 Å². The molecule has 212 valence electrons. The van der Waals surface area contributed by atoms with Crippen molar-refractivity contribution >= 4 is 17.0 Å². The van der Waals surface area contributed by atoms with Crippen molar-refractivity contribution in [3.05, 3.63) is 120 Å². The summed E-state index contributed by atoms with van der Waals surface area (Å²) < 4.78 is 6.18. The van der Waals surface area contributed by atoms with Crippen LogP contribution in [0.2, 0.25) is 0 Å². The molecular formula is C41H42O. The molecular weight excluding hydrogens is 508 g/mol. The van der Waals surface area contributed by atoms with Gasteiger partial charge in [-0.1, -0.05) is 24.3 Å². The average Bonchev–Trinajstić information content (AvgIpc) is 3.58. The molecule has 0 unspecified atom stereocenters. The number of hydrogen-bond acceptors (Lipinski definition) is 1. The summed E-state index contributed by atoms with van der Waals surface area (Å²) in [5.74, 6) is 0. The van der Waals surface area contributed by atoms with Crippen LogP contribution >= 0.6 is 0 Å². The smallest absolute Gasteiger partial charge is 0.141 e. The highest BCUT2D eigenvalue weighted by Crippen LogP contribution is 2.61. The minimum absolute atomic E-state index is 0.443. The van der Waals surface area contributed by atoms with Crippen LogP contribution in [0.5, 0.6) is 0 Å². The molecule has 0 atom stereocenters. The van der Waals surface area contributed by atoms with Gasteiger partial charge in [0.15, 0.2) is 0 Å². The molecule has 0 saturated heterocycles. The first-order chi connectivity index (χ1) is 19.9. The van der Waals surface area contributed by atoms with Gasteiger partial charge in [-0.05, 0) is 195 Å². The van der Waals surface area contributed by atoms with Crippen LogP contribution in [0, 0.1) is 83.1 Å². The topological polar surface area (TPSA) is 13.1 Å². The third-order valence-electron chi connectivity index (χ3n) is 11.9. The van der Waals surface area contributed by atoms with Crippen LogP contribution in [0.4, 0.5) is 0 Å². The Balaban J connectivity index is 1.88. The Morgan fingerprint density at radius 2 is 0.881 bits per heavy atom. The molecule has 2 aliphatic rings. The maximum Gasteiger partial charge on any atom is 0.141 e. The monoisotopic (exact) mass is 550 g/mol. The van der Waals surface area contributed by atoms with Crippen molar-refractivity contribution in [3.8, 4) is 22.3 Å². The Bertz CT molecular complexity index is 1990. The Labute approximate surface area is 251 Å². The Kier molecular flexibility index (Phi) is 5.53. The lowest BCUT2D eigenvalue weighted by molar-refractivity contribution is 0.614. The molecule has 2 aliphatic carbocycles. The zero-order chi connectivity index (χ0) is 30.2. The van der Waals surface area contributed by atoms with E-state index in [-0.39, 0.29) is 0 Å². The van der Waals surface area contributed by atoms with Crippen molar-refractivity contribution in [2.45, 2.75) is 88.5 Å². The maximum atomic E-state index is 6.18. The second-order valence-electron chi connectivity index (χ2n) is 13.3. The number of rotatable bonds is 0. The predicted molar refractivity (Wildman–Crippen MR) is 179 cm³/mol. The SMILES string of the molecule is Cc1c(C)c(C)c2c(c1C)-c1c(C)c(C)c(C)c(C)c1C1(C=Cc3c1ccc1ccoc31)c1c(C)c(C)c(C)c(C)c1-2. The Morgan fingerprint density at radius 1 is 0.452 bits per heavy atom. The Hall–Kier alpha value is -3.84. The lowest BCUT2D eigenvalue weighted by Crippen LogP contribution is -2.30. The summed E-state index contributed by atoms with van der Waals surface area (Å²) >= 11 is 0. The summed E-state index contributed by atoms with van der Waals surface area (Å²) in [5, 5.41) is 1.16. The highest BCUT2D eigenvalue weighted by molar-refractivity contribution is 6.02. The third-order valence-corrected chi connectivity index (χ3v) is 11.9. The molecule has 1 heterocycles. The van der Waals surface area contributed by atoms with Gasteiger partial charge in [0.25, 0.3) is 0 Å². The van der Waals surface area contributed by atoms with E-state index in [1.54, 1.807) is 0 Å². The van der Waals surface area contributed by atoms with Crippen LogP contribution in [-0.4, -0.2) is 0 Å². The van der Waals surface area contributed by atoms with E-state index in [9.17, 15) is 0 Å². The normalized spacial score (nSPS) is 14.3. The van der Waals surface area contributed by atoms with E-state index in [2.05, 4.69) is 113 Å². The van der Waals surface area contributed by atoms with Crippen molar-refractivity contribution in [1.29, 1.82) is 0 Å². The van der Waals surface area contributed by atoms with E-state index in [1.165, 1.54) is 111 Å². The van der Waals surface area contributed by atoms with Crippen molar-refractivity contribution in [1.82, 2.24) is 0 Å². The maximum absolute atomic E-state index is 6.18. The minimum atomic E-state index is -0.443. The summed E-state index contributed by atoms with van der Waals surface area (Å²) in [5.41, 5.74) is 28.5. The molecule has 0 radical (unpaired) electrons. The van der Waals surface area contributed by atoms with Crippen LogP contribution in [0.3, 0.4) is 0 Å². The van der Waals surface area contributed by atoms with E-state index >= 15 is 0 Å². The largest absolute Gasteiger partial charge is 0.464 e. The van der Waals surface area contributed by atoms with Crippen LogP contribution in [0.15, 0.2) is 35.0 Å². The van der Waals surface area contributed by atoms with Gasteiger partial charge in [0.2, 0.25) is 0 Å². The molecule has 0 N–H and O–H groups in total. The third kappa shape index (κ3) is 2.95. The molecule has 1 spiro atoms. The number of furan rings is 1. The number of fused-ring (bicyclic) bond motifs is 11. The average molecular weight is 551 g/mol. The quantitative estimate of drug-likeness (QED) is 0.187. The van der Waals surface area contributed by atoms with Gasteiger partial charge in [-0.25, -0.2) is 0 Å². The standard InChI is InChI=1S/C41H42O/c1-19-20(2)26(8)35-34(25(19)7)36-27(9)21(3)23(5)29(11)38(36)41(39-30(12)24(6)22(4)28(10)37(35)39)17-15-32-33(41)14-13-31-16-18-42-40(31)32/h13-18H,1-12H3. The molecule has 0 bridgehead atoms. The van der Waals surface area contributed by atoms with Gasteiger partial charge in [-0.3, -0.25) is 0 Å². The molecule has 0 saturated carbocycles. The molecule has 4 aromatic carbocycles. The lowest BCUT2D eigenvalue weighted by Gasteiger charge is -2.38. The first kappa shape index (κ1) is 27.0. The summed E-state index contributed by atoms with van der Waals surface area (Å²) in [6.45, 7) is 28.1. The highest BCUT2D eigenvalue weighted by atomic mass is 16.3. The van der Waals surface area contributed by atoms with Gasteiger partial charge < -0.3 is 4.42 Å². The highest BCUT2D eigenvalue weighted by Gasteiger charge is 2.48. The zero-order valence-electron chi connectivity index (χ0n) is 27.4. The number of allylic oxidation sites excluding steroid dienone is 1. The fourth-order valence-electron chi connectivity index (χ4n) is 8.60. The van der Waals surface area contributed by atoms with E-state index < -0.39 is 5.41 Å². The summed E-state index contributed by atoms with van der Waals surface area (Å²) in [7, 11) is 0.